The highest BCUT2D eigenvalue weighted by Crippen LogP contribution is 2.23. The average molecular weight is 272 g/mol. The van der Waals surface area contributed by atoms with Crippen molar-refractivity contribution in [3.63, 3.8) is 0 Å². The second-order valence-corrected chi connectivity index (χ2v) is 4.55. The van der Waals surface area contributed by atoms with Gasteiger partial charge in [-0.2, -0.15) is 0 Å². The molecule has 2 aromatic carbocycles. The number of carbonyl (C=O) groups is 2. The zero-order chi connectivity index (χ0) is 14.5. The number of amides is 1. The van der Waals surface area contributed by atoms with Gasteiger partial charge in [-0.25, -0.2) is 0 Å². The summed E-state index contributed by atoms with van der Waals surface area (Å²) in [6, 6.07) is 12.4. The lowest BCUT2D eigenvalue weighted by molar-refractivity contribution is -0.137. The van der Waals surface area contributed by atoms with Crippen molar-refractivity contribution in [3.05, 3.63) is 42.5 Å². The molecule has 0 aliphatic heterocycles. The summed E-state index contributed by atoms with van der Waals surface area (Å²) >= 11 is 0. The molecule has 0 aromatic heterocycles. The Labute approximate surface area is 116 Å². The first kappa shape index (κ1) is 14.0. The molecule has 2 aromatic rings. The fraction of sp³-hybridized carbons (Fsp3) is 0.200. The Hall–Kier alpha value is -2.40. The minimum Gasteiger partial charge on any atom is -0.481 e. The molecule has 0 saturated carbocycles. The molecule has 0 aliphatic carbocycles. The van der Waals surface area contributed by atoms with Gasteiger partial charge < -0.3 is 16.2 Å². The Bertz CT molecular complexity index is 635. The van der Waals surface area contributed by atoms with Gasteiger partial charge in [0, 0.05) is 17.5 Å². The molecule has 0 aliphatic rings. The van der Waals surface area contributed by atoms with Gasteiger partial charge in [0.1, 0.15) is 0 Å². The summed E-state index contributed by atoms with van der Waals surface area (Å²) in [4.78, 5) is 22.4. The molecule has 5 nitrogen and oxygen atoms in total. The lowest BCUT2D eigenvalue weighted by Gasteiger charge is -2.13. The predicted octanol–water partition coefficient (Wildman–Crippen LogP) is 1.97. The highest BCUT2D eigenvalue weighted by Gasteiger charge is 2.15. The van der Waals surface area contributed by atoms with Gasteiger partial charge in [0.05, 0.1) is 6.04 Å². The summed E-state index contributed by atoms with van der Waals surface area (Å²) in [5.74, 6) is -1.33. The number of carbonyl (C=O) groups excluding carboxylic acids is 1. The molecular formula is C15H16N2O3. The largest absolute Gasteiger partial charge is 0.481 e. The van der Waals surface area contributed by atoms with Crippen molar-refractivity contribution in [1.29, 1.82) is 0 Å². The van der Waals surface area contributed by atoms with E-state index in [9.17, 15) is 9.59 Å². The Kier molecular flexibility index (Phi) is 4.32. The summed E-state index contributed by atoms with van der Waals surface area (Å²) in [6.45, 7) is 0. The van der Waals surface area contributed by atoms with Gasteiger partial charge in [-0.3, -0.25) is 9.59 Å². The molecule has 104 valence electrons. The van der Waals surface area contributed by atoms with Crippen LogP contribution in [-0.4, -0.2) is 23.0 Å². The van der Waals surface area contributed by atoms with E-state index in [0.29, 0.717) is 5.69 Å². The van der Waals surface area contributed by atoms with E-state index in [-0.39, 0.29) is 18.7 Å². The van der Waals surface area contributed by atoms with Crippen molar-refractivity contribution in [2.75, 3.05) is 5.32 Å². The number of carboxylic acid groups (broad SMARTS) is 1. The summed E-state index contributed by atoms with van der Waals surface area (Å²) in [5.41, 5.74) is 6.36. The van der Waals surface area contributed by atoms with E-state index in [1.807, 2.05) is 36.4 Å². The van der Waals surface area contributed by atoms with E-state index < -0.39 is 12.0 Å². The second kappa shape index (κ2) is 6.16. The standard InChI is InChI=1S/C15H16N2O3/c16-12(8-9-14(18)19)15(20)17-13-7-3-5-10-4-1-2-6-11(10)13/h1-7,12H,8-9,16H2,(H,17,20)(H,18,19)/t12-/m1/s1. The van der Waals surface area contributed by atoms with Crippen LogP contribution in [0.15, 0.2) is 42.5 Å². The number of anilines is 1. The molecule has 4 N–H and O–H groups in total. The maximum atomic E-state index is 11.9. The summed E-state index contributed by atoms with van der Waals surface area (Å²) in [6.07, 6.45) is -0.00391. The predicted molar refractivity (Wildman–Crippen MR) is 77.4 cm³/mol. The summed E-state index contributed by atoms with van der Waals surface area (Å²) in [5, 5.41) is 13.3. The molecule has 0 fully saturated rings. The van der Waals surface area contributed by atoms with Gasteiger partial charge in [0.25, 0.3) is 0 Å². The van der Waals surface area contributed by atoms with E-state index in [0.717, 1.165) is 10.8 Å². The lowest BCUT2D eigenvalue weighted by Crippen LogP contribution is -2.36. The first-order chi connectivity index (χ1) is 9.58. The minimum absolute atomic E-state index is 0.117. The number of hydrogen-bond acceptors (Lipinski definition) is 3. The number of fused-ring (bicyclic) bond motifs is 1. The van der Waals surface area contributed by atoms with Crippen LogP contribution in [-0.2, 0) is 9.59 Å². The third kappa shape index (κ3) is 3.33. The molecule has 2 rings (SSSR count). The van der Waals surface area contributed by atoms with Crippen LogP contribution in [0.1, 0.15) is 12.8 Å². The van der Waals surface area contributed by atoms with Crippen LogP contribution in [0.2, 0.25) is 0 Å². The Morgan fingerprint density at radius 1 is 1.15 bits per heavy atom. The Morgan fingerprint density at radius 2 is 1.85 bits per heavy atom. The quantitative estimate of drug-likeness (QED) is 0.775. The number of hydrogen-bond donors (Lipinski definition) is 3. The molecule has 20 heavy (non-hydrogen) atoms. The number of benzene rings is 2. The lowest BCUT2D eigenvalue weighted by atomic mass is 10.1. The Morgan fingerprint density at radius 3 is 2.60 bits per heavy atom. The van der Waals surface area contributed by atoms with Crippen LogP contribution in [0.3, 0.4) is 0 Å². The SMILES string of the molecule is N[C@H](CCC(=O)O)C(=O)Nc1cccc2ccccc12. The number of rotatable bonds is 5. The van der Waals surface area contributed by atoms with Crippen LogP contribution < -0.4 is 11.1 Å². The molecule has 0 heterocycles. The molecule has 0 spiro atoms. The fourth-order valence-electron chi connectivity index (χ4n) is 1.97. The number of nitrogens with two attached hydrogens (primary N) is 1. The molecule has 0 unspecified atom stereocenters. The molecule has 5 heteroatoms. The first-order valence-electron chi connectivity index (χ1n) is 6.34. The normalized spacial score (nSPS) is 12.1. The molecular weight excluding hydrogens is 256 g/mol. The average Bonchev–Trinajstić information content (AvgIpc) is 2.45. The smallest absolute Gasteiger partial charge is 0.303 e. The van der Waals surface area contributed by atoms with Crippen LogP contribution in [0, 0.1) is 0 Å². The van der Waals surface area contributed by atoms with Gasteiger partial charge in [-0.05, 0) is 17.9 Å². The monoisotopic (exact) mass is 272 g/mol. The van der Waals surface area contributed by atoms with E-state index in [1.54, 1.807) is 6.07 Å². The third-order valence-electron chi connectivity index (χ3n) is 3.05. The van der Waals surface area contributed by atoms with Gasteiger partial charge in [-0.15, -0.1) is 0 Å². The maximum absolute atomic E-state index is 11.9. The van der Waals surface area contributed by atoms with Crippen molar-refractivity contribution in [2.24, 2.45) is 5.73 Å². The van der Waals surface area contributed by atoms with Crippen LogP contribution in [0.5, 0.6) is 0 Å². The molecule has 0 radical (unpaired) electrons. The van der Waals surface area contributed by atoms with Crippen molar-refractivity contribution in [1.82, 2.24) is 0 Å². The number of aliphatic carboxylic acids is 1. The highest BCUT2D eigenvalue weighted by molar-refractivity contribution is 6.03. The van der Waals surface area contributed by atoms with Crippen molar-refractivity contribution < 1.29 is 14.7 Å². The van der Waals surface area contributed by atoms with E-state index in [1.165, 1.54) is 0 Å². The fourth-order valence-corrected chi connectivity index (χ4v) is 1.97. The van der Waals surface area contributed by atoms with E-state index >= 15 is 0 Å². The number of carboxylic acids is 1. The topological polar surface area (TPSA) is 92.4 Å². The molecule has 0 saturated heterocycles. The number of nitrogens with one attached hydrogen (secondary N) is 1. The van der Waals surface area contributed by atoms with Gasteiger partial charge in [-0.1, -0.05) is 36.4 Å². The summed E-state index contributed by atoms with van der Waals surface area (Å²) in [7, 11) is 0. The van der Waals surface area contributed by atoms with Crippen LogP contribution >= 0.6 is 0 Å². The molecule has 0 bridgehead atoms. The molecule has 1 amide bonds. The van der Waals surface area contributed by atoms with Gasteiger partial charge in [0.2, 0.25) is 5.91 Å². The highest BCUT2D eigenvalue weighted by atomic mass is 16.4. The van der Waals surface area contributed by atoms with Gasteiger partial charge in [0.15, 0.2) is 0 Å². The Balaban J connectivity index is 2.12. The zero-order valence-corrected chi connectivity index (χ0v) is 10.9. The van der Waals surface area contributed by atoms with Crippen molar-refractivity contribution >= 4 is 28.3 Å². The van der Waals surface area contributed by atoms with Gasteiger partial charge >= 0.3 is 5.97 Å². The van der Waals surface area contributed by atoms with E-state index in [2.05, 4.69) is 5.32 Å². The molecule has 1 atom stereocenters. The maximum Gasteiger partial charge on any atom is 0.303 e. The van der Waals surface area contributed by atoms with Crippen molar-refractivity contribution in [3.8, 4) is 0 Å². The van der Waals surface area contributed by atoms with Crippen molar-refractivity contribution in [2.45, 2.75) is 18.9 Å². The minimum atomic E-state index is -0.960. The first-order valence-corrected chi connectivity index (χ1v) is 6.34. The second-order valence-electron chi connectivity index (χ2n) is 4.55. The van der Waals surface area contributed by atoms with E-state index in [4.69, 9.17) is 10.8 Å². The summed E-state index contributed by atoms with van der Waals surface area (Å²) < 4.78 is 0. The third-order valence-corrected chi connectivity index (χ3v) is 3.05. The zero-order valence-electron chi connectivity index (χ0n) is 10.9. The van der Waals surface area contributed by atoms with Crippen LogP contribution in [0.4, 0.5) is 5.69 Å². The van der Waals surface area contributed by atoms with Crippen LogP contribution in [0.25, 0.3) is 10.8 Å².